The standard InChI is InChI=1S/C20H18FN3O3/c1-2-26-15-9-7-14(8-10-15)24-12-13(11-18(24)25)19-22-20(27-23-19)16-5-3-4-6-17(16)21/h3-10,13H,2,11-12H2,1H3. The molecule has 0 radical (unpaired) electrons. The molecule has 1 unspecified atom stereocenters. The van der Waals surface area contributed by atoms with E-state index in [2.05, 4.69) is 10.1 Å². The van der Waals surface area contributed by atoms with Crippen molar-refractivity contribution in [3.05, 3.63) is 60.2 Å². The molecule has 0 N–H and O–H groups in total. The first-order valence-electron chi connectivity index (χ1n) is 8.77. The predicted octanol–water partition coefficient (Wildman–Crippen LogP) is 3.79. The van der Waals surface area contributed by atoms with Crippen molar-refractivity contribution in [3.8, 4) is 17.2 Å². The molecule has 3 aromatic rings. The zero-order chi connectivity index (χ0) is 18.8. The van der Waals surface area contributed by atoms with Gasteiger partial charge in [0.15, 0.2) is 5.82 Å². The molecular weight excluding hydrogens is 349 g/mol. The Morgan fingerprint density at radius 2 is 2.00 bits per heavy atom. The Morgan fingerprint density at radius 1 is 1.22 bits per heavy atom. The number of nitrogens with zero attached hydrogens (tertiary/aromatic N) is 3. The lowest BCUT2D eigenvalue weighted by Gasteiger charge is -2.16. The van der Waals surface area contributed by atoms with E-state index in [-0.39, 0.29) is 29.7 Å². The van der Waals surface area contributed by atoms with Crippen LogP contribution in [0, 0.1) is 5.82 Å². The fourth-order valence-corrected chi connectivity index (χ4v) is 3.16. The molecule has 2 aromatic carbocycles. The van der Waals surface area contributed by atoms with E-state index in [1.165, 1.54) is 6.07 Å². The van der Waals surface area contributed by atoms with Gasteiger partial charge in [-0.2, -0.15) is 4.98 Å². The number of hydrogen-bond donors (Lipinski definition) is 0. The molecule has 4 rings (SSSR count). The summed E-state index contributed by atoms with van der Waals surface area (Å²) in [7, 11) is 0. The third-order valence-electron chi connectivity index (χ3n) is 4.50. The minimum atomic E-state index is -0.425. The Labute approximate surface area is 155 Å². The lowest BCUT2D eigenvalue weighted by molar-refractivity contribution is -0.117. The van der Waals surface area contributed by atoms with Gasteiger partial charge in [0.25, 0.3) is 5.89 Å². The largest absolute Gasteiger partial charge is 0.494 e. The van der Waals surface area contributed by atoms with Crippen LogP contribution < -0.4 is 9.64 Å². The van der Waals surface area contributed by atoms with Crippen molar-refractivity contribution in [1.29, 1.82) is 0 Å². The maximum Gasteiger partial charge on any atom is 0.260 e. The molecule has 27 heavy (non-hydrogen) atoms. The van der Waals surface area contributed by atoms with E-state index >= 15 is 0 Å². The molecule has 1 saturated heterocycles. The summed E-state index contributed by atoms with van der Waals surface area (Å²) in [4.78, 5) is 18.5. The maximum absolute atomic E-state index is 13.9. The number of amides is 1. The van der Waals surface area contributed by atoms with Crippen LogP contribution in [0.5, 0.6) is 5.75 Å². The lowest BCUT2D eigenvalue weighted by atomic mass is 10.1. The van der Waals surface area contributed by atoms with Crippen molar-refractivity contribution in [1.82, 2.24) is 10.1 Å². The van der Waals surface area contributed by atoms with E-state index in [9.17, 15) is 9.18 Å². The molecule has 1 aliphatic rings. The van der Waals surface area contributed by atoms with Crippen molar-refractivity contribution < 1.29 is 18.4 Å². The minimum Gasteiger partial charge on any atom is -0.494 e. The molecule has 0 saturated carbocycles. The summed E-state index contributed by atoms with van der Waals surface area (Å²) in [5.41, 5.74) is 1.05. The van der Waals surface area contributed by atoms with Crippen molar-refractivity contribution in [2.45, 2.75) is 19.3 Å². The van der Waals surface area contributed by atoms with Gasteiger partial charge in [0.2, 0.25) is 5.91 Å². The molecule has 6 nitrogen and oxygen atoms in total. The number of halogens is 1. The molecule has 7 heteroatoms. The van der Waals surface area contributed by atoms with Gasteiger partial charge in [0.05, 0.1) is 12.2 Å². The van der Waals surface area contributed by atoms with Crippen LogP contribution in [0.15, 0.2) is 53.1 Å². The zero-order valence-corrected chi connectivity index (χ0v) is 14.8. The van der Waals surface area contributed by atoms with Crippen LogP contribution in [0.25, 0.3) is 11.5 Å². The SMILES string of the molecule is CCOc1ccc(N2CC(c3noc(-c4ccccc4F)n3)CC2=O)cc1. The van der Waals surface area contributed by atoms with Gasteiger partial charge >= 0.3 is 0 Å². The highest BCUT2D eigenvalue weighted by molar-refractivity contribution is 5.96. The molecule has 1 aliphatic heterocycles. The Bertz CT molecular complexity index is 955. The van der Waals surface area contributed by atoms with Gasteiger partial charge < -0.3 is 14.2 Å². The van der Waals surface area contributed by atoms with Crippen molar-refractivity contribution >= 4 is 11.6 Å². The summed E-state index contributed by atoms with van der Waals surface area (Å²) in [5, 5.41) is 3.97. The Hall–Kier alpha value is -3.22. The molecule has 1 aromatic heterocycles. The summed E-state index contributed by atoms with van der Waals surface area (Å²) in [6.07, 6.45) is 0.281. The fourth-order valence-electron chi connectivity index (χ4n) is 3.16. The van der Waals surface area contributed by atoms with Gasteiger partial charge in [-0.25, -0.2) is 4.39 Å². The van der Waals surface area contributed by atoms with Gasteiger partial charge in [-0.15, -0.1) is 0 Å². The van der Waals surface area contributed by atoms with Crippen LogP contribution in [0.1, 0.15) is 25.1 Å². The highest BCUT2D eigenvalue weighted by Crippen LogP contribution is 2.32. The number of aromatic nitrogens is 2. The quantitative estimate of drug-likeness (QED) is 0.686. The second-order valence-electron chi connectivity index (χ2n) is 6.27. The van der Waals surface area contributed by atoms with E-state index in [1.807, 2.05) is 31.2 Å². The van der Waals surface area contributed by atoms with Crippen molar-refractivity contribution in [3.63, 3.8) is 0 Å². The molecule has 1 fully saturated rings. The third-order valence-corrected chi connectivity index (χ3v) is 4.50. The van der Waals surface area contributed by atoms with Crippen LogP contribution in [-0.2, 0) is 4.79 Å². The Morgan fingerprint density at radius 3 is 2.74 bits per heavy atom. The molecule has 0 aliphatic carbocycles. The number of carbonyl (C=O) groups is 1. The first-order valence-corrected chi connectivity index (χ1v) is 8.77. The van der Waals surface area contributed by atoms with Gasteiger partial charge in [0, 0.05) is 24.6 Å². The van der Waals surface area contributed by atoms with Crippen molar-refractivity contribution in [2.75, 3.05) is 18.1 Å². The summed E-state index contributed by atoms with van der Waals surface area (Å²) < 4.78 is 24.5. The van der Waals surface area contributed by atoms with Gasteiger partial charge in [0.1, 0.15) is 11.6 Å². The number of carbonyl (C=O) groups excluding carboxylic acids is 1. The molecule has 1 atom stereocenters. The molecule has 1 amide bonds. The summed E-state index contributed by atoms with van der Waals surface area (Å²) in [6, 6.07) is 13.6. The van der Waals surface area contributed by atoms with E-state index < -0.39 is 5.82 Å². The van der Waals surface area contributed by atoms with Crippen LogP contribution in [0.3, 0.4) is 0 Å². The van der Waals surface area contributed by atoms with Crippen LogP contribution in [-0.4, -0.2) is 29.2 Å². The average molecular weight is 367 g/mol. The van der Waals surface area contributed by atoms with Gasteiger partial charge in [-0.05, 0) is 43.3 Å². The van der Waals surface area contributed by atoms with Gasteiger partial charge in [-0.3, -0.25) is 4.79 Å². The van der Waals surface area contributed by atoms with E-state index in [0.717, 1.165) is 11.4 Å². The number of ether oxygens (including phenoxy) is 1. The zero-order valence-electron chi connectivity index (χ0n) is 14.8. The second-order valence-corrected chi connectivity index (χ2v) is 6.27. The monoisotopic (exact) mass is 367 g/mol. The normalized spacial score (nSPS) is 16.7. The first kappa shape index (κ1) is 17.2. The third kappa shape index (κ3) is 3.40. The van der Waals surface area contributed by atoms with E-state index in [1.54, 1.807) is 23.1 Å². The first-order chi connectivity index (χ1) is 13.2. The number of benzene rings is 2. The van der Waals surface area contributed by atoms with Gasteiger partial charge in [-0.1, -0.05) is 17.3 Å². The summed E-state index contributed by atoms with van der Waals surface area (Å²) >= 11 is 0. The smallest absolute Gasteiger partial charge is 0.260 e. The predicted molar refractivity (Wildman–Crippen MR) is 97.0 cm³/mol. The van der Waals surface area contributed by atoms with E-state index in [4.69, 9.17) is 9.26 Å². The molecule has 2 heterocycles. The molecular formula is C20H18FN3O3. The van der Waals surface area contributed by atoms with E-state index in [0.29, 0.717) is 19.0 Å². The summed E-state index contributed by atoms with van der Waals surface area (Å²) in [6.45, 7) is 2.96. The Kier molecular flexibility index (Phi) is 4.58. The van der Waals surface area contributed by atoms with Crippen LogP contribution in [0.4, 0.5) is 10.1 Å². The number of rotatable bonds is 5. The molecule has 138 valence electrons. The molecule has 0 bridgehead atoms. The fraction of sp³-hybridized carbons (Fsp3) is 0.250. The highest BCUT2D eigenvalue weighted by Gasteiger charge is 2.34. The lowest BCUT2D eigenvalue weighted by Crippen LogP contribution is -2.24. The number of anilines is 1. The topological polar surface area (TPSA) is 68.5 Å². The number of hydrogen-bond acceptors (Lipinski definition) is 5. The summed E-state index contributed by atoms with van der Waals surface area (Å²) in [5.74, 6) is 0.656. The maximum atomic E-state index is 13.9. The van der Waals surface area contributed by atoms with Crippen LogP contribution >= 0.6 is 0 Å². The second kappa shape index (κ2) is 7.19. The average Bonchev–Trinajstić information content (AvgIpc) is 3.30. The molecule has 0 spiro atoms. The highest BCUT2D eigenvalue weighted by atomic mass is 19.1. The minimum absolute atomic E-state index is 0.0126. The Balaban J connectivity index is 1.52. The van der Waals surface area contributed by atoms with Crippen molar-refractivity contribution in [2.24, 2.45) is 0 Å². The van der Waals surface area contributed by atoms with Crippen LogP contribution in [0.2, 0.25) is 0 Å².